The van der Waals surface area contributed by atoms with E-state index in [1.165, 1.54) is 22.7 Å². The van der Waals surface area contributed by atoms with Crippen molar-refractivity contribution in [1.29, 1.82) is 0 Å². The quantitative estimate of drug-likeness (QED) is 0.620. The standard InChI is InChI=1S/C9H6OS2/c10-9-11-7-5-3-1-2-4-6-8(7)12-9/h1-6H/b2-1-,3-1?,4-2?,5-3-,6-4-,7-5?,8-6?. The molecule has 0 N–H and O–H groups in total. The Labute approximate surface area is 78.0 Å². The molecule has 0 radical (unpaired) electrons. The maximum atomic E-state index is 11.0. The van der Waals surface area contributed by atoms with Gasteiger partial charge in [0, 0.05) is 9.75 Å². The van der Waals surface area contributed by atoms with Crippen molar-refractivity contribution in [2.75, 3.05) is 0 Å². The van der Waals surface area contributed by atoms with Gasteiger partial charge < -0.3 is 0 Å². The predicted molar refractivity (Wildman–Crippen MR) is 55.7 cm³/mol. The summed E-state index contributed by atoms with van der Waals surface area (Å²) in [6.45, 7) is 0. The van der Waals surface area contributed by atoms with Crippen LogP contribution in [0.25, 0.3) is 12.2 Å². The smallest absolute Gasteiger partial charge is 0.265 e. The van der Waals surface area contributed by atoms with Crippen molar-refractivity contribution in [1.82, 2.24) is 0 Å². The van der Waals surface area contributed by atoms with Crippen LogP contribution in [0.3, 0.4) is 0 Å². The van der Waals surface area contributed by atoms with Gasteiger partial charge >= 0.3 is 0 Å². The molecule has 60 valence electrons. The van der Waals surface area contributed by atoms with Crippen molar-refractivity contribution < 1.29 is 0 Å². The molecule has 1 aromatic heterocycles. The second-order valence-corrected chi connectivity index (χ2v) is 4.57. The highest BCUT2D eigenvalue weighted by Crippen LogP contribution is 2.21. The van der Waals surface area contributed by atoms with Gasteiger partial charge in [-0.2, -0.15) is 0 Å². The van der Waals surface area contributed by atoms with Gasteiger partial charge in [-0.15, -0.1) is 0 Å². The van der Waals surface area contributed by atoms with Crippen molar-refractivity contribution in [2.24, 2.45) is 0 Å². The van der Waals surface area contributed by atoms with E-state index in [4.69, 9.17) is 0 Å². The molecule has 0 amide bonds. The summed E-state index contributed by atoms with van der Waals surface area (Å²) in [7, 11) is 0. The number of fused-ring (bicyclic) bond motifs is 1. The Morgan fingerprint density at radius 2 is 1.33 bits per heavy atom. The van der Waals surface area contributed by atoms with Crippen molar-refractivity contribution in [3.63, 3.8) is 0 Å². The van der Waals surface area contributed by atoms with Gasteiger partial charge in [0.1, 0.15) is 0 Å². The van der Waals surface area contributed by atoms with Crippen molar-refractivity contribution in [3.8, 4) is 0 Å². The lowest BCUT2D eigenvalue weighted by Crippen LogP contribution is -1.73. The van der Waals surface area contributed by atoms with E-state index in [0.29, 0.717) is 0 Å². The van der Waals surface area contributed by atoms with Crippen LogP contribution in [0, 0.1) is 0 Å². The van der Waals surface area contributed by atoms with Gasteiger partial charge in [0.05, 0.1) is 0 Å². The van der Waals surface area contributed by atoms with Crippen LogP contribution in [0.2, 0.25) is 0 Å². The molecule has 1 aliphatic carbocycles. The van der Waals surface area contributed by atoms with Crippen LogP contribution < -0.4 is 4.06 Å². The van der Waals surface area contributed by atoms with Gasteiger partial charge in [-0.3, -0.25) is 4.79 Å². The minimum absolute atomic E-state index is 0.163. The van der Waals surface area contributed by atoms with Crippen LogP contribution in [0.15, 0.2) is 29.1 Å². The normalized spacial score (nSPS) is 22.0. The average molecular weight is 194 g/mol. The fourth-order valence-electron chi connectivity index (χ4n) is 0.947. The van der Waals surface area contributed by atoms with Crippen molar-refractivity contribution in [3.05, 3.63) is 42.9 Å². The third-order valence-electron chi connectivity index (χ3n) is 1.46. The number of allylic oxidation sites excluding steroid dienone is 4. The summed E-state index contributed by atoms with van der Waals surface area (Å²) in [5.74, 6) is 0. The molecule has 2 rings (SSSR count). The molecule has 0 spiro atoms. The Morgan fingerprint density at radius 3 is 1.83 bits per heavy atom. The molecule has 0 bridgehead atoms. The van der Waals surface area contributed by atoms with Crippen LogP contribution >= 0.6 is 22.7 Å². The Kier molecular flexibility index (Phi) is 2.06. The Bertz CT molecular complexity index is 381. The fourth-order valence-corrected chi connectivity index (χ4v) is 2.89. The molecular weight excluding hydrogens is 188 g/mol. The lowest BCUT2D eigenvalue weighted by atomic mass is 10.3. The molecule has 3 heteroatoms. The Balaban J connectivity index is 2.61. The molecule has 0 saturated carbocycles. The molecule has 0 aliphatic heterocycles. The van der Waals surface area contributed by atoms with Gasteiger partial charge in [-0.1, -0.05) is 47.0 Å². The molecular formula is C9H6OS2. The van der Waals surface area contributed by atoms with Crippen LogP contribution in [-0.4, -0.2) is 0 Å². The highest BCUT2D eigenvalue weighted by Gasteiger charge is 2.02. The second kappa shape index (κ2) is 3.21. The Morgan fingerprint density at radius 1 is 0.833 bits per heavy atom. The molecule has 0 saturated heterocycles. The fraction of sp³-hybridized carbons (Fsp3) is 0. The van der Waals surface area contributed by atoms with Crippen LogP contribution in [-0.2, 0) is 0 Å². The number of hydrogen-bond donors (Lipinski definition) is 0. The molecule has 0 unspecified atom stereocenters. The van der Waals surface area contributed by atoms with E-state index in [0.717, 1.165) is 9.75 Å². The lowest BCUT2D eigenvalue weighted by Gasteiger charge is -1.89. The van der Waals surface area contributed by atoms with E-state index >= 15 is 0 Å². The first-order valence-corrected chi connectivity index (χ1v) is 5.15. The summed E-state index contributed by atoms with van der Waals surface area (Å²) in [6, 6.07) is 0. The first kappa shape index (κ1) is 7.71. The maximum absolute atomic E-state index is 11.0. The van der Waals surface area contributed by atoms with Crippen molar-refractivity contribution >= 4 is 34.8 Å². The second-order valence-electron chi connectivity index (χ2n) is 2.29. The largest absolute Gasteiger partial charge is 0.288 e. The van der Waals surface area contributed by atoms with E-state index in [1.807, 2.05) is 36.5 Å². The van der Waals surface area contributed by atoms with Crippen LogP contribution in [0.4, 0.5) is 0 Å². The average Bonchev–Trinajstić information content (AvgIpc) is 2.32. The van der Waals surface area contributed by atoms with Gasteiger partial charge in [-0.05, 0) is 12.2 Å². The summed E-state index contributed by atoms with van der Waals surface area (Å²) < 4.78 is 0.163. The first-order valence-electron chi connectivity index (χ1n) is 3.51. The van der Waals surface area contributed by atoms with Gasteiger partial charge in [-0.25, -0.2) is 0 Å². The first-order chi connectivity index (χ1) is 5.86. The number of hydrogen-bond acceptors (Lipinski definition) is 3. The highest BCUT2D eigenvalue weighted by atomic mass is 32.2. The van der Waals surface area contributed by atoms with E-state index in [2.05, 4.69) is 0 Å². The van der Waals surface area contributed by atoms with E-state index in [1.54, 1.807) is 0 Å². The summed E-state index contributed by atoms with van der Waals surface area (Å²) in [5, 5.41) is 0. The van der Waals surface area contributed by atoms with Crippen LogP contribution in [0.5, 0.6) is 0 Å². The van der Waals surface area contributed by atoms with Gasteiger partial charge in [0.25, 0.3) is 4.06 Å². The van der Waals surface area contributed by atoms with E-state index in [9.17, 15) is 4.79 Å². The summed E-state index contributed by atoms with van der Waals surface area (Å²) in [4.78, 5) is 13.2. The van der Waals surface area contributed by atoms with Crippen molar-refractivity contribution in [2.45, 2.75) is 0 Å². The lowest BCUT2D eigenvalue weighted by molar-refractivity contribution is 1.89. The molecule has 0 fully saturated rings. The molecule has 1 aromatic rings. The maximum Gasteiger partial charge on any atom is 0.288 e. The molecule has 0 atom stereocenters. The van der Waals surface area contributed by atoms with Gasteiger partial charge in [0.15, 0.2) is 0 Å². The summed E-state index contributed by atoms with van der Waals surface area (Å²) >= 11 is 2.61. The summed E-state index contributed by atoms with van der Waals surface area (Å²) in [5.41, 5.74) is 0. The highest BCUT2D eigenvalue weighted by molar-refractivity contribution is 7.28. The minimum atomic E-state index is 0.163. The molecule has 12 heavy (non-hydrogen) atoms. The third-order valence-corrected chi connectivity index (χ3v) is 3.57. The topological polar surface area (TPSA) is 17.1 Å². The van der Waals surface area contributed by atoms with Gasteiger partial charge in [0.2, 0.25) is 0 Å². The SMILES string of the molecule is O=c1sc2c(s1)\C=C/C=C\C=C/2. The van der Waals surface area contributed by atoms with Crippen LogP contribution in [0.1, 0.15) is 9.75 Å². The predicted octanol–water partition coefficient (Wildman–Crippen LogP) is 2.77. The zero-order valence-corrected chi connectivity index (χ0v) is 7.82. The monoisotopic (exact) mass is 194 g/mol. The summed E-state index contributed by atoms with van der Waals surface area (Å²) in [6.07, 6.45) is 11.7. The molecule has 1 nitrogen and oxygen atoms in total. The zero-order chi connectivity index (χ0) is 8.39. The minimum Gasteiger partial charge on any atom is -0.265 e. The van der Waals surface area contributed by atoms with E-state index in [-0.39, 0.29) is 4.06 Å². The molecule has 1 heterocycles. The molecule has 1 aliphatic rings. The Hall–Kier alpha value is -0.930. The zero-order valence-electron chi connectivity index (χ0n) is 6.19. The number of rotatable bonds is 0. The molecule has 0 aromatic carbocycles. The van der Waals surface area contributed by atoms with E-state index < -0.39 is 0 Å². The third kappa shape index (κ3) is 1.47.